The van der Waals surface area contributed by atoms with Crippen LogP contribution in [0.4, 0.5) is 0 Å². The molecule has 6 heteroatoms. The number of aliphatic carboxylic acids is 1. The van der Waals surface area contributed by atoms with E-state index in [0.29, 0.717) is 11.4 Å². The molecular weight excluding hydrogens is 294 g/mol. The SMILES string of the molecule is C[C@@H](C(=O)O)n1cc(-c2cccc(Oc3ccccc3)c2)nn1. The number of rotatable bonds is 5. The number of hydrogen-bond donors (Lipinski definition) is 1. The van der Waals surface area contributed by atoms with Crippen LogP contribution in [0.1, 0.15) is 13.0 Å². The van der Waals surface area contributed by atoms with Crippen molar-refractivity contribution in [3.8, 4) is 22.8 Å². The number of carbonyl (C=O) groups is 1. The van der Waals surface area contributed by atoms with E-state index in [4.69, 9.17) is 9.84 Å². The standard InChI is InChI=1S/C17H15N3O3/c1-12(17(21)22)20-11-16(18-19-20)13-6-5-9-15(10-13)23-14-7-3-2-4-8-14/h2-12H,1H3,(H,21,22)/t12-/m0/s1. The Balaban J connectivity index is 1.84. The molecule has 0 fully saturated rings. The van der Waals surface area contributed by atoms with Gasteiger partial charge in [0, 0.05) is 5.56 Å². The van der Waals surface area contributed by atoms with Gasteiger partial charge in [-0.3, -0.25) is 0 Å². The Labute approximate surface area is 133 Å². The van der Waals surface area contributed by atoms with Crippen LogP contribution in [-0.4, -0.2) is 26.1 Å². The van der Waals surface area contributed by atoms with Gasteiger partial charge in [0.2, 0.25) is 0 Å². The van der Waals surface area contributed by atoms with Crippen LogP contribution in [0.2, 0.25) is 0 Å². The van der Waals surface area contributed by atoms with Gasteiger partial charge in [-0.2, -0.15) is 0 Å². The fourth-order valence-electron chi connectivity index (χ4n) is 2.05. The predicted molar refractivity (Wildman–Crippen MR) is 84.3 cm³/mol. The van der Waals surface area contributed by atoms with Crippen LogP contribution in [0.5, 0.6) is 11.5 Å². The maximum atomic E-state index is 11.0. The summed E-state index contributed by atoms with van der Waals surface area (Å²) in [5.74, 6) is 0.463. The van der Waals surface area contributed by atoms with E-state index in [0.717, 1.165) is 11.3 Å². The van der Waals surface area contributed by atoms with Crippen LogP contribution in [0.15, 0.2) is 60.8 Å². The molecule has 0 saturated carbocycles. The molecule has 0 spiro atoms. The van der Waals surface area contributed by atoms with Crippen LogP contribution in [0.25, 0.3) is 11.3 Å². The molecule has 116 valence electrons. The predicted octanol–water partition coefficient (Wildman–Crippen LogP) is 3.38. The topological polar surface area (TPSA) is 77.2 Å². The molecule has 0 aliphatic carbocycles. The maximum Gasteiger partial charge on any atom is 0.328 e. The van der Waals surface area contributed by atoms with Crippen molar-refractivity contribution in [3.05, 3.63) is 60.8 Å². The Morgan fingerprint density at radius 2 is 1.87 bits per heavy atom. The summed E-state index contributed by atoms with van der Waals surface area (Å²) in [6.45, 7) is 1.55. The molecule has 1 heterocycles. The van der Waals surface area contributed by atoms with E-state index < -0.39 is 12.0 Å². The van der Waals surface area contributed by atoms with Gasteiger partial charge >= 0.3 is 5.97 Å². The van der Waals surface area contributed by atoms with Gasteiger partial charge in [-0.15, -0.1) is 5.10 Å². The maximum absolute atomic E-state index is 11.0. The lowest BCUT2D eigenvalue weighted by Gasteiger charge is -2.06. The lowest BCUT2D eigenvalue weighted by molar-refractivity contribution is -0.140. The summed E-state index contributed by atoms with van der Waals surface area (Å²) in [5.41, 5.74) is 1.40. The highest BCUT2D eigenvalue weighted by molar-refractivity contribution is 5.71. The summed E-state index contributed by atoms with van der Waals surface area (Å²) < 4.78 is 7.11. The first kappa shape index (κ1) is 14.8. The minimum absolute atomic E-state index is 0.594. The molecule has 1 N–H and O–H groups in total. The zero-order chi connectivity index (χ0) is 16.2. The fourth-order valence-corrected chi connectivity index (χ4v) is 2.05. The van der Waals surface area contributed by atoms with Crippen LogP contribution >= 0.6 is 0 Å². The second-order valence-corrected chi connectivity index (χ2v) is 5.04. The minimum Gasteiger partial charge on any atom is -0.480 e. The van der Waals surface area contributed by atoms with Crippen LogP contribution < -0.4 is 4.74 Å². The molecule has 3 aromatic rings. The monoisotopic (exact) mass is 309 g/mol. The van der Waals surface area contributed by atoms with Crippen molar-refractivity contribution >= 4 is 5.97 Å². The third-order valence-corrected chi connectivity index (χ3v) is 3.37. The van der Waals surface area contributed by atoms with Crippen LogP contribution in [0.3, 0.4) is 0 Å². The quantitative estimate of drug-likeness (QED) is 0.781. The average molecular weight is 309 g/mol. The number of para-hydroxylation sites is 1. The normalized spacial score (nSPS) is 11.9. The van der Waals surface area contributed by atoms with Gasteiger partial charge < -0.3 is 9.84 Å². The number of carboxylic acids is 1. The van der Waals surface area contributed by atoms with Gasteiger partial charge in [-0.1, -0.05) is 35.5 Å². The molecular formula is C17H15N3O3. The highest BCUT2D eigenvalue weighted by Gasteiger charge is 2.15. The summed E-state index contributed by atoms with van der Waals surface area (Å²) in [5, 5.41) is 16.9. The molecule has 0 aliphatic rings. The number of benzene rings is 2. The summed E-state index contributed by atoms with van der Waals surface area (Å²) in [4.78, 5) is 11.0. The second kappa shape index (κ2) is 6.31. The highest BCUT2D eigenvalue weighted by Crippen LogP contribution is 2.26. The van der Waals surface area contributed by atoms with E-state index in [1.165, 1.54) is 4.68 Å². The van der Waals surface area contributed by atoms with Gasteiger partial charge in [0.25, 0.3) is 0 Å². The molecule has 0 saturated heterocycles. The second-order valence-electron chi connectivity index (χ2n) is 5.04. The molecule has 1 aromatic heterocycles. The molecule has 23 heavy (non-hydrogen) atoms. The summed E-state index contributed by atoms with van der Waals surface area (Å²) in [6.07, 6.45) is 1.61. The van der Waals surface area contributed by atoms with E-state index >= 15 is 0 Å². The van der Waals surface area contributed by atoms with E-state index in [2.05, 4.69) is 10.3 Å². The number of carboxylic acid groups (broad SMARTS) is 1. The van der Waals surface area contributed by atoms with E-state index in [9.17, 15) is 4.79 Å². The Morgan fingerprint density at radius 3 is 2.61 bits per heavy atom. The van der Waals surface area contributed by atoms with E-state index in [-0.39, 0.29) is 0 Å². The zero-order valence-corrected chi connectivity index (χ0v) is 12.5. The van der Waals surface area contributed by atoms with Gasteiger partial charge in [0.05, 0.1) is 6.20 Å². The zero-order valence-electron chi connectivity index (χ0n) is 12.5. The van der Waals surface area contributed by atoms with Crippen LogP contribution in [-0.2, 0) is 4.79 Å². The number of ether oxygens (including phenoxy) is 1. The van der Waals surface area contributed by atoms with Gasteiger partial charge in [-0.05, 0) is 31.2 Å². The Kier molecular flexibility index (Phi) is 4.05. The van der Waals surface area contributed by atoms with Crippen molar-refractivity contribution < 1.29 is 14.6 Å². The number of aromatic nitrogens is 3. The van der Waals surface area contributed by atoms with Gasteiger partial charge in [-0.25, -0.2) is 9.48 Å². The van der Waals surface area contributed by atoms with Crippen LogP contribution in [0, 0.1) is 0 Å². The first-order valence-corrected chi connectivity index (χ1v) is 7.11. The summed E-state index contributed by atoms with van der Waals surface area (Å²) >= 11 is 0. The lowest BCUT2D eigenvalue weighted by atomic mass is 10.1. The lowest BCUT2D eigenvalue weighted by Crippen LogP contribution is -2.15. The minimum atomic E-state index is -0.956. The number of hydrogen-bond acceptors (Lipinski definition) is 4. The fraction of sp³-hybridized carbons (Fsp3) is 0.118. The first-order chi connectivity index (χ1) is 11.1. The van der Waals surface area contributed by atoms with Crippen molar-refractivity contribution in [1.29, 1.82) is 0 Å². The Bertz CT molecular complexity index is 815. The molecule has 0 unspecified atom stereocenters. The third-order valence-electron chi connectivity index (χ3n) is 3.37. The van der Waals surface area contributed by atoms with Crippen molar-refractivity contribution in [3.63, 3.8) is 0 Å². The molecule has 6 nitrogen and oxygen atoms in total. The molecule has 1 atom stereocenters. The Morgan fingerprint density at radius 1 is 1.13 bits per heavy atom. The largest absolute Gasteiger partial charge is 0.480 e. The molecule has 0 radical (unpaired) electrons. The Hall–Kier alpha value is -3.15. The molecule has 0 bridgehead atoms. The summed E-state index contributed by atoms with van der Waals surface area (Å²) in [7, 11) is 0. The molecule has 3 rings (SSSR count). The van der Waals surface area contributed by atoms with Crippen molar-refractivity contribution in [2.24, 2.45) is 0 Å². The van der Waals surface area contributed by atoms with Gasteiger partial charge in [0.1, 0.15) is 23.2 Å². The van der Waals surface area contributed by atoms with Crippen molar-refractivity contribution in [2.45, 2.75) is 13.0 Å². The number of nitrogens with zero attached hydrogens (tertiary/aromatic N) is 3. The van der Waals surface area contributed by atoms with Gasteiger partial charge in [0.15, 0.2) is 0 Å². The third kappa shape index (κ3) is 3.37. The van der Waals surface area contributed by atoms with Crippen molar-refractivity contribution in [2.75, 3.05) is 0 Å². The smallest absolute Gasteiger partial charge is 0.328 e. The first-order valence-electron chi connectivity index (χ1n) is 7.11. The van der Waals surface area contributed by atoms with E-state index in [1.807, 2.05) is 54.6 Å². The van der Waals surface area contributed by atoms with Crippen molar-refractivity contribution in [1.82, 2.24) is 15.0 Å². The molecule has 0 amide bonds. The summed E-state index contributed by atoms with van der Waals surface area (Å²) in [6, 6.07) is 16.1. The highest BCUT2D eigenvalue weighted by atomic mass is 16.5. The molecule has 0 aliphatic heterocycles. The van der Waals surface area contributed by atoms with E-state index in [1.54, 1.807) is 13.1 Å². The molecule has 2 aromatic carbocycles. The average Bonchev–Trinajstić information content (AvgIpc) is 3.05.